The van der Waals surface area contributed by atoms with Crippen molar-refractivity contribution in [3.63, 3.8) is 0 Å². The van der Waals surface area contributed by atoms with Gasteiger partial charge in [0.15, 0.2) is 0 Å². The highest BCUT2D eigenvalue weighted by Gasteiger charge is 2.19. The highest BCUT2D eigenvalue weighted by molar-refractivity contribution is 5.95. The molecule has 0 bridgehead atoms. The molecular formula is C14H14N2O3. The molecule has 5 nitrogen and oxygen atoms in total. The van der Waals surface area contributed by atoms with E-state index in [4.69, 9.17) is 4.74 Å². The Morgan fingerprint density at radius 3 is 2.79 bits per heavy atom. The fourth-order valence-corrected chi connectivity index (χ4v) is 2.16. The van der Waals surface area contributed by atoms with Crippen molar-refractivity contribution in [3.8, 4) is 5.75 Å². The molecular weight excluding hydrogens is 244 g/mol. The van der Waals surface area contributed by atoms with Gasteiger partial charge in [-0.1, -0.05) is 6.07 Å². The molecule has 98 valence electrons. The van der Waals surface area contributed by atoms with Crippen molar-refractivity contribution in [1.82, 2.24) is 9.88 Å². The predicted molar refractivity (Wildman–Crippen MR) is 70.1 cm³/mol. The van der Waals surface area contributed by atoms with Gasteiger partial charge >= 0.3 is 0 Å². The number of benzene rings is 1. The highest BCUT2D eigenvalue weighted by atomic mass is 16.5. The van der Waals surface area contributed by atoms with E-state index in [1.165, 1.54) is 0 Å². The van der Waals surface area contributed by atoms with Crippen LogP contribution in [-0.2, 0) is 4.74 Å². The maximum atomic E-state index is 12.3. The quantitative estimate of drug-likeness (QED) is 0.840. The number of pyridine rings is 1. The van der Waals surface area contributed by atoms with Crippen LogP contribution in [0.25, 0.3) is 10.9 Å². The molecule has 0 unspecified atom stereocenters. The van der Waals surface area contributed by atoms with Crippen LogP contribution in [0.3, 0.4) is 0 Å². The largest absolute Gasteiger partial charge is 0.508 e. The third kappa shape index (κ3) is 2.37. The van der Waals surface area contributed by atoms with Crippen molar-refractivity contribution in [2.75, 3.05) is 26.3 Å². The number of carbonyl (C=O) groups is 1. The van der Waals surface area contributed by atoms with Gasteiger partial charge in [-0.2, -0.15) is 0 Å². The molecule has 5 heteroatoms. The fraction of sp³-hybridized carbons (Fsp3) is 0.286. The first-order valence-electron chi connectivity index (χ1n) is 6.21. The number of carbonyl (C=O) groups excluding carboxylic acids is 1. The Hall–Kier alpha value is -2.14. The van der Waals surface area contributed by atoms with Crippen molar-refractivity contribution >= 4 is 16.8 Å². The number of ether oxygens (including phenoxy) is 1. The van der Waals surface area contributed by atoms with E-state index in [1.807, 2.05) is 0 Å². The fourth-order valence-electron chi connectivity index (χ4n) is 2.16. The Bertz CT molecular complexity index is 621. The Morgan fingerprint density at radius 2 is 2.00 bits per heavy atom. The van der Waals surface area contributed by atoms with E-state index in [2.05, 4.69) is 4.98 Å². The minimum absolute atomic E-state index is 0.0710. The van der Waals surface area contributed by atoms with Gasteiger partial charge < -0.3 is 14.7 Å². The van der Waals surface area contributed by atoms with Gasteiger partial charge in [0.1, 0.15) is 11.4 Å². The molecule has 0 spiro atoms. The molecule has 19 heavy (non-hydrogen) atoms. The van der Waals surface area contributed by atoms with E-state index in [1.54, 1.807) is 35.2 Å². The van der Waals surface area contributed by atoms with Gasteiger partial charge in [-0.3, -0.25) is 4.79 Å². The molecule has 2 heterocycles. The zero-order valence-corrected chi connectivity index (χ0v) is 10.4. The molecule has 0 saturated carbocycles. The SMILES string of the molecule is O=C(c1ccc2cc(O)ccc2n1)N1CCOCC1. The number of hydrogen-bond acceptors (Lipinski definition) is 4. The van der Waals surface area contributed by atoms with Crippen molar-refractivity contribution in [2.24, 2.45) is 0 Å². The standard InChI is InChI=1S/C14H14N2O3/c17-11-2-4-12-10(9-11)1-3-13(15-12)14(18)16-5-7-19-8-6-16/h1-4,9,17H,5-8H2. The second kappa shape index (κ2) is 4.85. The van der Waals surface area contributed by atoms with Gasteiger partial charge in [0.25, 0.3) is 5.91 Å². The van der Waals surface area contributed by atoms with Crippen LogP contribution in [0.2, 0.25) is 0 Å². The summed E-state index contributed by atoms with van der Waals surface area (Å²) in [6.07, 6.45) is 0. The molecule has 1 N–H and O–H groups in total. The van der Waals surface area contributed by atoms with Crippen LogP contribution in [0.4, 0.5) is 0 Å². The van der Waals surface area contributed by atoms with Gasteiger partial charge in [0.2, 0.25) is 0 Å². The smallest absolute Gasteiger partial charge is 0.272 e. The molecule has 1 saturated heterocycles. The molecule has 0 radical (unpaired) electrons. The van der Waals surface area contributed by atoms with Gasteiger partial charge in [-0.15, -0.1) is 0 Å². The lowest BCUT2D eigenvalue weighted by Crippen LogP contribution is -2.41. The first-order chi connectivity index (χ1) is 9.24. The second-order valence-electron chi connectivity index (χ2n) is 4.48. The molecule has 1 fully saturated rings. The summed E-state index contributed by atoms with van der Waals surface area (Å²) in [5, 5.41) is 10.2. The number of phenolic OH excluding ortho intramolecular Hbond substituents is 1. The lowest BCUT2D eigenvalue weighted by atomic mass is 10.2. The molecule has 0 aliphatic carbocycles. The molecule has 1 aromatic carbocycles. The van der Waals surface area contributed by atoms with Gasteiger partial charge in [0.05, 0.1) is 18.7 Å². The summed E-state index contributed by atoms with van der Waals surface area (Å²) in [5.74, 6) is 0.125. The number of amides is 1. The molecule has 1 amide bonds. The maximum Gasteiger partial charge on any atom is 0.272 e. The predicted octanol–water partition coefficient (Wildman–Crippen LogP) is 1.41. The number of nitrogens with zero attached hydrogens (tertiary/aromatic N) is 2. The van der Waals surface area contributed by atoms with Crippen molar-refractivity contribution < 1.29 is 14.6 Å². The molecule has 2 aromatic rings. The zero-order chi connectivity index (χ0) is 13.2. The van der Waals surface area contributed by atoms with E-state index in [9.17, 15) is 9.90 Å². The normalized spacial score (nSPS) is 15.7. The number of hydrogen-bond donors (Lipinski definition) is 1. The molecule has 1 aromatic heterocycles. The minimum Gasteiger partial charge on any atom is -0.508 e. The zero-order valence-electron chi connectivity index (χ0n) is 10.4. The van der Waals surface area contributed by atoms with Crippen LogP contribution in [0.15, 0.2) is 30.3 Å². The van der Waals surface area contributed by atoms with Crippen LogP contribution < -0.4 is 0 Å². The number of aromatic hydroxyl groups is 1. The number of rotatable bonds is 1. The van der Waals surface area contributed by atoms with E-state index < -0.39 is 0 Å². The third-order valence-corrected chi connectivity index (χ3v) is 3.19. The van der Waals surface area contributed by atoms with Gasteiger partial charge in [-0.05, 0) is 24.3 Å². The molecule has 0 atom stereocenters. The third-order valence-electron chi connectivity index (χ3n) is 3.19. The Labute approximate surface area is 110 Å². The molecule has 3 rings (SSSR count). The summed E-state index contributed by atoms with van der Waals surface area (Å²) < 4.78 is 5.23. The Morgan fingerprint density at radius 1 is 1.21 bits per heavy atom. The lowest BCUT2D eigenvalue weighted by Gasteiger charge is -2.26. The van der Waals surface area contributed by atoms with Crippen molar-refractivity contribution in [3.05, 3.63) is 36.0 Å². The van der Waals surface area contributed by atoms with E-state index >= 15 is 0 Å². The maximum absolute atomic E-state index is 12.3. The van der Waals surface area contributed by atoms with Crippen molar-refractivity contribution in [1.29, 1.82) is 0 Å². The number of morpholine rings is 1. The number of fused-ring (bicyclic) bond motifs is 1. The summed E-state index contributed by atoms with van der Waals surface area (Å²) in [4.78, 5) is 18.4. The summed E-state index contributed by atoms with van der Waals surface area (Å²) in [6.45, 7) is 2.36. The van der Waals surface area contributed by atoms with Gasteiger partial charge in [0, 0.05) is 18.5 Å². The van der Waals surface area contributed by atoms with Crippen LogP contribution in [0.1, 0.15) is 10.5 Å². The van der Waals surface area contributed by atoms with Gasteiger partial charge in [-0.25, -0.2) is 4.98 Å². The topological polar surface area (TPSA) is 62.7 Å². The van der Waals surface area contributed by atoms with Crippen LogP contribution in [0.5, 0.6) is 5.75 Å². The first kappa shape index (κ1) is 11.9. The van der Waals surface area contributed by atoms with Crippen LogP contribution in [0, 0.1) is 0 Å². The minimum atomic E-state index is -0.0710. The summed E-state index contributed by atoms with van der Waals surface area (Å²) in [6, 6.07) is 8.40. The first-order valence-corrected chi connectivity index (χ1v) is 6.21. The van der Waals surface area contributed by atoms with Crippen LogP contribution in [-0.4, -0.2) is 47.2 Å². The van der Waals surface area contributed by atoms with E-state index in [-0.39, 0.29) is 11.7 Å². The summed E-state index contributed by atoms with van der Waals surface area (Å²) >= 11 is 0. The average molecular weight is 258 g/mol. The van der Waals surface area contributed by atoms with Crippen LogP contribution >= 0.6 is 0 Å². The lowest BCUT2D eigenvalue weighted by molar-refractivity contribution is 0.0299. The Kier molecular flexibility index (Phi) is 3.05. The monoisotopic (exact) mass is 258 g/mol. The summed E-state index contributed by atoms with van der Waals surface area (Å²) in [7, 11) is 0. The number of aromatic nitrogens is 1. The van der Waals surface area contributed by atoms with Crippen molar-refractivity contribution in [2.45, 2.75) is 0 Å². The number of phenols is 1. The second-order valence-corrected chi connectivity index (χ2v) is 4.48. The average Bonchev–Trinajstić information content (AvgIpc) is 2.47. The van der Waals surface area contributed by atoms with E-state index in [0.717, 1.165) is 5.39 Å². The molecule has 1 aliphatic rings. The van der Waals surface area contributed by atoms with E-state index in [0.29, 0.717) is 37.5 Å². The highest BCUT2D eigenvalue weighted by Crippen LogP contribution is 2.19. The molecule has 1 aliphatic heterocycles. The summed E-state index contributed by atoms with van der Waals surface area (Å²) in [5.41, 5.74) is 1.14. The Balaban J connectivity index is 1.92.